The van der Waals surface area contributed by atoms with E-state index in [1.165, 1.54) is 0 Å². The number of nitrogens with one attached hydrogen (secondary N) is 3. The summed E-state index contributed by atoms with van der Waals surface area (Å²) in [7, 11) is 1.54. The third kappa shape index (κ3) is 4.54. The predicted molar refractivity (Wildman–Crippen MR) is 74.2 cm³/mol. The maximum absolute atomic E-state index is 11.8. The van der Waals surface area contributed by atoms with Crippen molar-refractivity contribution in [3.8, 4) is 0 Å². The van der Waals surface area contributed by atoms with Crippen molar-refractivity contribution in [2.45, 2.75) is 19.8 Å². The van der Waals surface area contributed by atoms with E-state index in [9.17, 15) is 9.59 Å². The molecule has 8 nitrogen and oxygen atoms in total. The number of nitrogens with zero attached hydrogens (tertiary/aromatic N) is 1. The normalized spacial score (nSPS) is 10.3. The van der Waals surface area contributed by atoms with Gasteiger partial charge in [-0.15, -0.1) is 0 Å². The first kappa shape index (κ1) is 16.0. The van der Waals surface area contributed by atoms with Crippen LogP contribution in [0.1, 0.15) is 29.5 Å². The molecule has 0 atom stereocenters. The molecule has 1 rings (SSSR count). The Bertz CT molecular complexity index is 458. The standard InChI is InChI=1S/C12H21N5O3/c1-3-4-8-10(13)11(17-16-8)12(19)15-7-9(18)14-5-6-20-2/h3-7,13H2,1-2H3,(H,14,18)(H,15,19)(H,16,17). The molecule has 0 aliphatic carbocycles. The third-order valence-corrected chi connectivity index (χ3v) is 2.64. The van der Waals surface area contributed by atoms with Gasteiger partial charge in [-0.2, -0.15) is 5.10 Å². The van der Waals surface area contributed by atoms with Crippen molar-refractivity contribution in [1.82, 2.24) is 20.8 Å². The zero-order valence-electron chi connectivity index (χ0n) is 11.8. The van der Waals surface area contributed by atoms with Crippen molar-refractivity contribution < 1.29 is 14.3 Å². The molecule has 0 aromatic carbocycles. The van der Waals surface area contributed by atoms with Crippen molar-refractivity contribution in [2.75, 3.05) is 32.5 Å². The zero-order valence-corrected chi connectivity index (χ0v) is 11.8. The summed E-state index contributed by atoms with van der Waals surface area (Å²) >= 11 is 0. The average molecular weight is 283 g/mol. The molecular weight excluding hydrogens is 262 g/mol. The molecule has 20 heavy (non-hydrogen) atoms. The first-order chi connectivity index (χ1) is 9.60. The average Bonchev–Trinajstić information content (AvgIpc) is 2.78. The third-order valence-electron chi connectivity index (χ3n) is 2.64. The Morgan fingerprint density at radius 2 is 2.15 bits per heavy atom. The Balaban J connectivity index is 2.45. The molecule has 112 valence electrons. The predicted octanol–water partition coefficient (Wildman–Crippen LogP) is -0.563. The lowest BCUT2D eigenvalue weighted by Gasteiger charge is -2.05. The molecular formula is C12H21N5O3. The van der Waals surface area contributed by atoms with Gasteiger partial charge in [0.05, 0.1) is 24.5 Å². The molecule has 0 unspecified atom stereocenters. The highest BCUT2D eigenvalue weighted by atomic mass is 16.5. The molecule has 1 aromatic heterocycles. The van der Waals surface area contributed by atoms with Gasteiger partial charge in [-0.1, -0.05) is 13.3 Å². The second-order valence-corrected chi connectivity index (χ2v) is 4.24. The fraction of sp³-hybridized carbons (Fsp3) is 0.583. The lowest BCUT2D eigenvalue weighted by Crippen LogP contribution is -2.38. The highest BCUT2D eigenvalue weighted by molar-refractivity contribution is 5.99. The Kier molecular flexibility index (Phi) is 6.51. The van der Waals surface area contributed by atoms with Crippen LogP contribution in [0.3, 0.4) is 0 Å². The van der Waals surface area contributed by atoms with Crippen LogP contribution in [-0.4, -0.2) is 48.8 Å². The monoisotopic (exact) mass is 283 g/mol. The molecule has 2 amide bonds. The summed E-state index contributed by atoms with van der Waals surface area (Å²) in [6.07, 6.45) is 1.62. The molecule has 0 saturated heterocycles. The van der Waals surface area contributed by atoms with E-state index in [2.05, 4.69) is 20.8 Å². The van der Waals surface area contributed by atoms with E-state index in [4.69, 9.17) is 10.5 Å². The molecule has 0 aliphatic rings. The highest BCUT2D eigenvalue weighted by Crippen LogP contribution is 2.15. The van der Waals surface area contributed by atoms with E-state index in [1.54, 1.807) is 7.11 Å². The molecule has 0 fully saturated rings. The second-order valence-electron chi connectivity index (χ2n) is 4.24. The number of amides is 2. The molecule has 5 N–H and O–H groups in total. The largest absolute Gasteiger partial charge is 0.395 e. The Morgan fingerprint density at radius 1 is 1.40 bits per heavy atom. The maximum atomic E-state index is 11.8. The van der Waals surface area contributed by atoms with Crippen molar-refractivity contribution in [3.63, 3.8) is 0 Å². The minimum Gasteiger partial charge on any atom is -0.395 e. The van der Waals surface area contributed by atoms with Crippen LogP contribution in [0.2, 0.25) is 0 Å². The lowest BCUT2D eigenvalue weighted by atomic mass is 10.2. The van der Waals surface area contributed by atoms with Crippen LogP contribution >= 0.6 is 0 Å². The molecule has 0 aliphatic heterocycles. The molecule has 0 radical (unpaired) electrons. The summed E-state index contributed by atoms with van der Waals surface area (Å²) in [5.74, 6) is -0.763. The van der Waals surface area contributed by atoms with Crippen molar-refractivity contribution in [1.29, 1.82) is 0 Å². The van der Waals surface area contributed by atoms with Gasteiger partial charge in [0, 0.05) is 13.7 Å². The summed E-state index contributed by atoms with van der Waals surface area (Å²) in [5.41, 5.74) is 7.02. The van der Waals surface area contributed by atoms with E-state index < -0.39 is 5.91 Å². The van der Waals surface area contributed by atoms with Gasteiger partial charge in [-0.25, -0.2) is 0 Å². The molecule has 1 aromatic rings. The number of rotatable bonds is 8. The smallest absolute Gasteiger partial charge is 0.274 e. The Hall–Kier alpha value is -2.09. The minimum atomic E-state index is -0.469. The number of ether oxygens (including phenoxy) is 1. The molecule has 0 spiro atoms. The van der Waals surface area contributed by atoms with Crippen LogP contribution in [-0.2, 0) is 16.0 Å². The Morgan fingerprint density at radius 3 is 2.80 bits per heavy atom. The van der Waals surface area contributed by atoms with E-state index in [1.807, 2.05) is 6.92 Å². The first-order valence-corrected chi connectivity index (χ1v) is 6.46. The summed E-state index contributed by atoms with van der Waals surface area (Å²) < 4.78 is 4.80. The van der Waals surface area contributed by atoms with E-state index in [0.29, 0.717) is 18.8 Å². The van der Waals surface area contributed by atoms with Gasteiger partial charge in [0.15, 0.2) is 5.69 Å². The molecule has 0 bridgehead atoms. The number of carbonyl (C=O) groups excluding carboxylic acids is 2. The number of anilines is 1. The van der Waals surface area contributed by atoms with Crippen LogP contribution in [0.15, 0.2) is 0 Å². The topological polar surface area (TPSA) is 122 Å². The number of H-pyrrole nitrogens is 1. The number of nitrogens with two attached hydrogens (primary N) is 1. The van der Waals surface area contributed by atoms with Gasteiger partial charge in [0.1, 0.15) is 0 Å². The van der Waals surface area contributed by atoms with Crippen LogP contribution in [0.4, 0.5) is 5.69 Å². The van der Waals surface area contributed by atoms with Crippen LogP contribution in [0.5, 0.6) is 0 Å². The van der Waals surface area contributed by atoms with Gasteiger partial charge in [-0.3, -0.25) is 14.7 Å². The number of aryl methyl sites for hydroxylation is 1. The van der Waals surface area contributed by atoms with Gasteiger partial charge in [0.25, 0.3) is 5.91 Å². The number of methoxy groups -OCH3 is 1. The molecule has 8 heteroatoms. The fourth-order valence-electron chi connectivity index (χ4n) is 1.60. The van der Waals surface area contributed by atoms with Crippen LogP contribution < -0.4 is 16.4 Å². The van der Waals surface area contributed by atoms with Gasteiger partial charge in [-0.05, 0) is 6.42 Å². The summed E-state index contributed by atoms with van der Waals surface area (Å²) in [6, 6.07) is 0. The number of hydrogen-bond donors (Lipinski definition) is 4. The summed E-state index contributed by atoms with van der Waals surface area (Å²) in [6.45, 7) is 2.70. The lowest BCUT2D eigenvalue weighted by molar-refractivity contribution is -0.120. The number of carbonyl (C=O) groups is 2. The minimum absolute atomic E-state index is 0.123. The molecule has 0 saturated carbocycles. The first-order valence-electron chi connectivity index (χ1n) is 6.46. The van der Waals surface area contributed by atoms with E-state index >= 15 is 0 Å². The molecule has 1 heterocycles. The number of nitrogen functional groups attached to an aromatic ring is 1. The summed E-state index contributed by atoms with van der Waals surface area (Å²) in [5, 5.41) is 11.7. The highest BCUT2D eigenvalue weighted by Gasteiger charge is 2.17. The quantitative estimate of drug-likeness (QED) is 0.476. The second kappa shape index (κ2) is 8.16. The number of aromatic amines is 1. The SMILES string of the molecule is CCCc1[nH]nc(C(=O)NCC(=O)NCCOC)c1N. The van der Waals surface area contributed by atoms with Gasteiger partial charge in [0.2, 0.25) is 5.91 Å². The van der Waals surface area contributed by atoms with E-state index in [0.717, 1.165) is 18.5 Å². The van der Waals surface area contributed by atoms with Gasteiger partial charge >= 0.3 is 0 Å². The Labute approximate surface area is 117 Å². The van der Waals surface area contributed by atoms with Crippen molar-refractivity contribution in [2.24, 2.45) is 0 Å². The van der Waals surface area contributed by atoms with Crippen LogP contribution in [0.25, 0.3) is 0 Å². The summed E-state index contributed by atoms with van der Waals surface area (Å²) in [4.78, 5) is 23.2. The number of aromatic nitrogens is 2. The number of hydrogen-bond acceptors (Lipinski definition) is 5. The van der Waals surface area contributed by atoms with Gasteiger partial charge < -0.3 is 21.1 Å². The van der Waals surface area contributed by atoms with E-state index in [-0.39, 0.29) is 18.1 Å². The maximum Gasteiger partial charge on any atom is 0.274 e. The van der Waals surface area contributed by atoms with Crippen molar-refractivity contribution in [3.05, 3.63) is 11.4 Å². The van der Waals surface area contributed by atoms with Crippen molar-refractivity contribution >= 4 is 17.5 Å². The zero-order chi connectivity index (χ0) is 15.0. The fourth-order valence-corrected chi connectivity index (χ4v) is 1.60. The van der Waals surface area contributed by atoms with Crippen LogP contribution in [0, 0.1) is 0 Å².